The third-order valence-electron chi connectivity index (χ3n) is 3.18. The molecule has 0 saturated carbocycles. The van der Waals surface area contributed by atoms with E-state index in [9.17, 15) is 9.59 Å². The van der Waals surface area contributed by atoms with Gasteiger partial charge in [-0.2, -0.15) is 0 Å². The summed E-state index contributed by atoms with van der Waals surface area (Å²) in [6, 6.07) is 13.2. The Morgan fingerprint density at radius 2 is 1.78 bits per heavy atom. The number of ketones is 1. The van der Waals surface area contributed by atoms with Gasteiger partial charge in [0, 0.05) is 17.4 Å². The van der Waals surface area contributed by atoms with E-state index in [1.54, 1.807) is 6.07 Å². The molecule has 2 aromatic heterocycles. The number of carbonyl (C=O) groups excluding carboxylic acids is 2. The lowest BCUT2D eigenvalue weighted by Gasteiger charge is -1.99. The number of carbonyl (C=O) groups is 2. The molecule has 0 atom stereocenters. The van der Waals surface area contributed by atoms with Gasteiger partial charge < -0.3 is 0 Å². The van der Waals surface area contributed by atoms with Crippen molar-refractivity contribution in [3.8, 4) is 11.3 Å². The van der Waals surface area contributed by atoms with Gasteiger partial charge in [0.1, 0.15) is 0 Å². The molecule has 2 heterocycles. The highest BCUT2D eigenvalue weighted by molar-refractivity contribution is 7.18. The summed E-state index contributed by atoms with van der Waals surface area (Å²) in [7, 11) is 0. The molecule has 1 N–H and O–H groups in total. The first kappa shape index (κ1) is 15.6. The SMILES string of the molecule is CC(=O)c1sc(NC(=O)c2ccc(C)s2)nc1-c1ccccc1. The largest absolute Gasteiger partial charge is 0.297 e. The first-order valence-electron chi connectivity index (χ1n) is 6.99. The number of thiazole rings is 1. The molecule has 0 aliphatic carbocycles. The van der Waals surface area contributed by atoms with Crippen molar-refractivity contribution < 1.29 is 9.59 Å². The van der Waals surface area contributed by atoms with Crippen molar-refractivity contribution in [2.24, 2.45) is 0 Å². The molecule has 23 heavy (non-hydrogen) atoms. The van der Waals surface area contributed by atoms with E-state index >= 15 is 0 Å². The van der Waals surface area contributed by atoms with Gasteiger partial charge >= 0.3 is 0 Å². The van der Waals surface area contributed by atoms with Gasteiger partial charge in [-0.05, 0) is 19.1 Å². The molecular weight excluding hydrogens is 328 g/mol. The predicted molar refractivity (Wildman–Crippen MR) is 94.6 cm³/mol. The van der Waals surface area contributed by atoms with Gasteiger partial charge in [0.25, 0.3) is 5.91 Å². The molecule has 6 heteroatoms. The van der Waals surface area contributed by atoms with Crippen molar-refractivity contribution in [3.63, 3.8) is 0 Å². The minimum atomic E-state index is -0.202. The van der Waals surface area contributed by atoms with Crippen molar-refractivity contribution in [2.75, 3.05) is 5.32 Å². The molecule has 0 radical (unpaired) electrons. The Bertz CT molecular complexity index is 866. The number of nitrogens with one attached hydrogen (secondary N) is 1. The fourth-order valence-electron chi connectivity index (χ4n) is 2.12. The lowest BCUT2D eigenvalue weighted by atomic mass is 10.1. The Morgan fingerprint density at radius 1 is 1.04 bits per heavy atom. The number of aromatic nitrogens is 1. The number of rotatable bonds is 4. The second-order valence-electron chi connectivity index (χ2n) is 4.98. The molecule has 3 rings (SSSR count). The first-order valence-corrected chi connectivity index (χ1v) is 8.63. The van der Waals surface area contributed by atoms with Crippen LogP contribution in [0, 0.1) is 6.92 Å². The second-order valence-corrected chi connectivity index (χ2v) is 7.27. The number of aryl methyl sites for hydroxylation is 1. The van der Waals surface area contributed by atoms with Crippen LogP contribution in [0.15, 0.2) is 42.5 Å². The van der Waals surface area contributed by atoms with Gasteiger partial charge in [0.2, 0.25) is 0 Å². The van der Waals surface area contributed by atoms with Crippen LogP contribution in [0.3, 0.4) is 0 Å². The third-order valence-corrected chi connectivity index (χ3v) is 5.25. The van der Waals surface area contributed by atoms with Crippen molar-refractivity contribution >= 4 is 39.5 Å². The third kappa shape index (κ3) is 3.38. The van der Waals surface area contributed by atoms with Crippen molar-refractivity contribution in [1.82, 2.24) is 4.98 Å². The summed E-state index contributed by atoms with van der Waals surface area (Å²) in [6.07, 6.45) is 0. The van der Waals surface area contributed by atoms with Gasteiger partial charge in [0.15, 0.2) is 10.9 Å². The number of benzene rings is 1. The molecular formula is C17H14N2O2S2. The lowest BCUT2D eigenvalue weighted by molar-refractivity contribution is 0.101. The van der Waals surface area contributed by atoms with Crippen LogP contribution in [-0.2, 0) is 0 Å². The van der Waals surface area contributed by atoms with E-state index in [4.69, 9.17) is 0 Å². The summed E-state index contributed by atoms with van der Waals surface area (Å²) >= 11 is 2.63. The number of Topliss-reactive ketones (excluding diaryl/α,β-unsaturated/α-hetero) is 1. The van der Waals surface area contributed by atoms with Gasteiger partial charge in [-0.15, -0.1) is 11.3 Å². The van der Waals surface area contributed by atoms with Crippen molar-refractivity contribution in [3.05, 3.63) is 57.1 Å². The predicted octanol–water partition coefficient (Wildman–Crippen LogP) is 4.63. The van der Waals surface area contributed by atoms with Crippen LogP contribution in [0.2, 0.25) is 0 Å². The number of hydrogen-bond donors (Lipinski definition) is 1. The second kappa shape index (κ2) is 6.44. The van der Waals surface area contributed by atoms with Crippen LogP contribution in [-0.4, -0.2) is 16.7 Å². The van der Waals surface area contributed by atoms with E-state index in [2.05, 4.69) is 10.3 Å². The first-order chi connectivity index (χ1) is 11.0. The van der Waals surface area contributed by atoms with E-state index in [0.717, 1.165) is 10.4 Å². The number of amides is 1. The zero-order valence-corrected chi connectivity index (χ0v) is 14.3. The summed E-state index contributed by atoms with van der Waals surface area (Å²) < 4.78 is 0. The maximum Gasteiger partial charge on any atom is 0.267 e. The summed E-state index contributed by atoms with van der Waals surface area (Å²) in [5, 5.41) is 3.22. The molecule has 0 spiro atoms. The number of anilines is 1. The highest BCUT2D eigenvalue weighted by Crippen LogP contribution is 2.32. The van der Waals surface area contributed by atoms with Crippen LogP contribution in [0.5, 0.6) is 0 Å². The zero-order valence-electron chi connectivity index (χ0n) is 12.6. The van der Waals surface area contributed by atoms with E-state index in [1.807, 2.05) is 43.3 Å². The van der Waals surface area contributed by atoms with Gasteiger partial charge in [-0.1, -0.05) is 41.7 Å². The fraction of sp³-hybridized carbons (Fsp3) is 0.118. The maximum absolute atomic E-state index is 12.2. The van der Waals surface area contributed by atoms with Crippen LogP contribution < -0.4 is 5.32 Å². The number of hydrogen-bond acceptors (Lipinski definition) is 5. The Kier molecular flexibility index (Phi) is 4.36. The monoisotopic (exact) mass is 342 g/mol. The van der Waals surface area contributed by atoms with Gasteiger partial charge in [-0.25, -0.2) is 4.98 Å². The van der Waals surface area contributed by atoms with E-state index in [0.29, 0.717) is 20.6 Å². The summed E-state index contributed by atoms with van der Waals surface area (Å²) in [5.74, 6) is -0.264. The number of nitrogens with zero attached hydrogens (tertiary/aromatic N) is 1. The standard InChI is InChI=1S/C17H14N2O2S2/c1-10-8-9-13(22-10)16(21)19-17-18-14(15(23-17)11(2)20)12-6-4-3-5-7-12/h3-9H,1-2H3,(H,18,19,21). The molecule has 0 saturated heterocycles. The highest BCUT2D eigenvalue weighted by atomic mass is 32.1. The summed E-state index contributed by atoms with van der Waals surface area (Å²) in [5.41, 5.74) is 1.47. The van der Waals surface area contributed by atoms with E-state index in [-0.39, 0.29) is 11.7 Å². The summed E-state index contributed by atoms with van der Waals surface area (Å²) in [4.78, 5) is 30.8. The van der Waals surface area contributed by atoms with Crippen molar-refractivity contribution in [2.45, 2.75) is 13.8 Å². The average Bonchev–Trinajstić information content (AvgIpc) is 3.15. The van der Waals surface area contributed by atoms with Gasteiger partial charge in [0.05, 0.1) is 15.4 Å². The topological polar surface area (TPSA) is 59.1 Å². The van der Waals surface area contributed by atoms with Crippen molar-refractivity contribution in [1.29, 1.82) is 0 Å². The van der Waals surface area contributed by atoms with Crippen LogP contribution in [0.4, 0.5) is 5.13 Å². The Morgan fingerprint density at radius 3 is 2.39 bits per heavy atom. The Hall–Kier alpha value is -2.31. The van der Waals surface area contributed by atoms with E-state index < -0.39 is 0 Å². The minimum Gasteiger partial charge on any atom is -0.297 e. The average molecular weight is 342 g/mol. The smallest absolute Gasteiger partial charge is 0.267 e. The molecule has 116 valence electrons. The van der Waals surface area contributed by atoms with Crippen LogP contribution >= 0.6 is 22.7 Å². The molecule has 0 unspecified atom stereocenters. The fourth-order valence-corrected chi connectivity index (χ4v) is 3.76. The van der Waals surface area contributed by atoms with Crippen LogP contribution in [0.25, 0.3) is 11.3 Å². The molecule has 0 aliphatic heterocycles. The normalized spacial score (nSPS) is 10.5. The molecule has 1 aromatic carbocycles. The molecule has 0 aliphatic rings. The Balaban J connectivity index is 1.92. The van der Waals surface area contributed by atoms with Gasteiger partial charge in [-0.3, -0.25) is 14.9 Å². The molecule has 3 aromatic rings. The Labute approximate surface area is 141 Å². The lowest BCUT2D eigenvalue weighted by Crippen LogP contribution is -2.09. The van der Waals surface area contributed by atoms with Crippen LogP contribution in [0.1, 0.15) is 31.1 Å². The number of thiophene rings is 1. The highest BCUT2D eigenvalue weighted by Gasteiger charge is 2.18. The maximum atomic E-state index is 12.2. The summed E-state index contributed by atoms with van der Waals surface area (Å²) in [6.45, 7) is 3.46. The van der Waals surface area contributed by atoms with E-state index in [1.165, 1.54) is 29.6 Å². The molecule has 4 nitrogen and oxygen atoms in total. The molecule has 1 amide bonds. The molecule has 0 bridgehead atoms. The minimum absolute atomic E-state index is 0.0613. The quantitative estimate of drug-likeness (QED) is 0.703. The zero-order chi connectivity index (χ0) is 16.4. The molecule has 0 fully saturated rings.